The molecule has 1 rings (SSSR count). The summed E-state index contributed by atoms with van der Waals surface area (Å²) in [5.74, 6) is 0. The van der Waals surface area contributed by atoms with Crippen molar-refractivity contribution in [2.45, 2.75) is 97.8 Å². The molecule has 0 amide bonds. The summed E-state index contributed by atoms with van der Waals surface area (Å²) in [6.45, 7) is 12.5. The quantitative estimate of drug-likeness (QED) is 0.252. The van der Waals surface area contributed by atoms with Gasteiger partial charge in [-0.15, -0.1) is 0 Å². The van der Waals surface area contributed by atoms with E-state index in [9.17, 15) is 10.2 Å². The highest BCUT2D eigenvalue weighted by Crippen LogP contribution is 2.17. The van der Waals surface area contributed by atoms with Crippen molar-refractivity contribution in [2.75, 3.05) is 6.54 Å². The van der Waals surface area contributed by atoms with E-state index in [2.05, 4.69) is 50.2 Å². The number of aliphatic imine (C=N–C) groups is 1. The fourth-order valence-corrected chi connectivity index (χ4v) is 2.76. The first kappa shape index (κ1) is 24.8. The van der Waals surface area contributed by atoms with Gasteiger partial charge in [0.1, 0.15) is 18.4 Å². The number of aliphatic hydroxyl groups is 2. The van der Waals surface area contributed by atoms with Crippen LogP contribution < -0.4 is 5.32 Å². The molecule has 0 spiro atoms. The lowest BCUT2D eigenvalue weighted by atomic mass is 10.1. The monoisotopic (exact) mass is 392 g/mol. The minimum Gasteiger partial charge on any atom is -0.391 e. The highest BCUT2D eigenvalue weighted by molar-refractivity contribution is 5.72. The van der Waals surface area contributed by atoms with Gasteiger partial charge in [0.05, 0.1) is 12.6 Å². The lowest BCUT2D eigenvalue weighted by molar-refractivity contribution is -0.0876. The Kier molecular flexibility index (Phi) is 11.5. The number of allylic oxidation sites excluding steroid dienone is 6. The molecule has 0 aromatic rings. The summed E-state index contributed by atoms with van der Waals surface area (Å²) in [7, 11) is 0. The molecule has 1 saturated heterocycles. The number of rotatable bonds is 13. The van der Waals surface area contributed by atoms with Crippen molar-refractivity contribution in [3.05, 3.63) is 34.9 Å². The Labute approximate surface area is 171 Å². The van der Waals surface area contributed by atoms with Gasteiger partial charge in [-0.05, 0) is 73.3 Å². The van der Waals surface area contributed by atoms with E-state index >= 15 is 0 Å². The van der Waals surface area contributed by atoms with Gasteiger partial charge < -0.3 is 14.9 Å². The van der Waals surface area contributed by atoms with Crippen LogP contribution in [-0.2, 0) is 4.74 Å². The smallest absolute Gasteiger partial charge is 0.124 e. The first-order chi connectivity index (χ1) is 13.2. The predicted molar refractivity (Wildman–Crippen MR) is 118 cm³/mol. The summed E-state index contributed by atoms with van der Waals surface area (Å²) in [6.07, 6.45) is 10.3. The molecule has 5 atom stereocenters. The van der Waals surface area contributed by atoms with E-state index in [4.69, 9.17) is 4.74 Å². The van der Waals surface area contributed by atoms with Crippen LogP contribution in [0.1, 0.15) is 67.2 Å². The highest BCUT2D eigenvalue weighted by Gasteiger charge is 2.37. The molecular formula is C23H40N2O3. The van der Waals surface area contributed by atoms with Crippen LogP contribution in [-0.4, -0.2) is 53.6 Å². The van der Waals surface area contributed by atoms with E-state index in [1.807, 2.05) is 13.0 Å². The van der Waals surface area contributed by atoms with Crippen LogP contribution in [0.5, 0.6) is 0 Å². The molecule has 1 aliphatic heterocycles. The number of hydrogen-bond acceptors (Lipinski definition) is 5. The van der Waals surface area contributed by atoms with Crippen LogP contribution >= 0.6 is 0 Å². The maximum Gasteiger partial charge on any atom is 0.124 e. The van der Waals surface area contributed by atoms with Crippen molar-refractivity contribution in [3.8, 4) is 0 Å². The number of nitrogens with one attached hydrogen (secondary N) is 1. The number of aliphatic hydroxyl groups excluding tert-OH is 2. The standard InChI is InChI=1S/C23H40N2O3/c1-16(2)9-7-10-17(3)11-8-12-18(4)13-14-24-15-21(22(27)20(6)26)28-23-19(5)25-23/h9,11,13-14,19-23,25-27H,7-8,10,12,15H2,1-6H3/b17-11+,18-13+,24-14+. The topological polar surface area (TPSA) is 84.0 Å². The summed E-state index contributed by atoms with van der Waals surface area (Å²) < 4.78 is 5.77. The second kappa shape index (κ2) is 13.0. The van der Waals surface area contributed by atoms with E-state index in [1.165, 1.54) is 16.7 Å². The third kappa shape index (κ3) is 10.9. The van der Waals surface area contributed by atoms with Crippen LogP contribution in [0.3, 0.4) is 0 Å². The Morgan fingerprint density at radius 3 is 2.25 bits per heavy atom. The largest absolute Gasteiger partial charge is 0.391 e. The molecular weight excluding hydrogens is 352 g/mol. The molecule has 1 aliphatic rings. The Morgan fingerprint density at radius 2 is 1.68 bits per heavy atom. The third-order valence-corrected chi connectivity index (χ3v) is 4.84. The van der Waals surface area contributed by atoms with Gasteiger partial charge >= 0.3 is 0 Å². The van der Waals surface area contributed by atoms with Gasteiger partial charge in [-0.3, -0.25) is 10.3 Å². The molecule has 0 saturated carbocycles. The summed E-state index contributed by atoms with van der Waals surface area (Å²) in [6, 6.07) is 0.286. The van der Waals surface area contributed by atoms with Crippen molar-refractivity contribution in [1.29, 1.82) is 0 Å². The number of ether oxygens (including phenoxy) is 1. The first-order valence-electron chi connectivity index (χ1n) is 10.4. The number of nitrogens with zero attached hydrogens (tertiary/aromatic N) is 1. The zero-order valence-corrected chi connectivity index (χ0v) is 18.5. The van der Waals surface area contributed by atoms with Gasteiger partial charge in [-0.25, -0.2) is 0 Å². The Bertz CT molecular complexity index is 574. The molecule has 5 heteroatoms. The zero-order chi connectivity index (χ0) is 21.1. The van der Waals surface area contributed by atoms with Crippen molar-refractivity contribution >= 4 is 6.21 Å². The SMILES string of the molecule is CC(C)=CCC/C(C)=C/CC/C(C)=C/C=N/CC(OC1NC1C)C(O)C(C)O. The third-order valence-electron chi connectivity index (χ3n) is 4.84. The first-order valence-corrected chi connectivity index (χ1v) is 10.4. The van der Waals surface area contributed by atoms with E-state index in [1.54, 1.807) is 13.1 Å². The average Bonchev–Trinajstić information content (AvgIpc) is 3.31. The van der Waals surface area contributed by atoms with Crippen molar-refractivity contribution in [2.24, 2.45) is 4.99 Å². The van der Waals surface area contributed by atoms with Crippen LogP contribution in [0, 0.1) is 0 Å². The lowest BCUT2D eigenvalue weighted by Crippen LogP contribution is -2.40. The van der Waals surface area contributed by atoms with E-state index in [-0.39, 0.29) is 12.3 Å². The molecule has 5 unspecified atom stereocenters. The molecule has 5 nitrogen and oxygen atoms in total. The van der Waals surface area contributed by atoms with Gasteiger partial charge in [-0.1, -0.05) is 28.9 Å². The van der Waals surface area contributed by atoms with Crippen LogP contribution in [0.25, 0.3) is 0 Å². The normalized spacial score (nSPS) is 23.6. The van der Waals surface area contributed by atoms with E-state index in [0.29, 0.717) is 6.54 Å². The fourth-order valence-electron chi connectivity index (χ4n) is 2.76. The summed E-state index contributed by atoms with van der Waals surface area (Å²) in [5.41, 5.74) is 4.08. The lowest BCUT2D eigenvalue weighted by Gasteiger charge is -2.23. The molecule has 0 bridgehead atoms. The number of hydrogen-bond donors (Lipinski definition) is 3. The fraction of sp³-hybridized carbons (Fsp3) is 0.696. The van der Waals surface area contributed by atoms with Crippen molar-refractivity contribution in [3.63, 3.8) is 0 Å². The molecule has 0 aromatic heterocycles. The molecule has 1 fully saturated rings. The Balaban J connectivity index is 2.38. The summed E-state index contributed by atoms with van der Waals surface area (Å²) >= 11 is 0. The van der Waals surface area contributed by atoms with Gasteiger partial charge in [0, 0.05) is 12.3 Å². The molecule has 160 valence electrons. The van der Waals surface area contributed by atoms with Gasteiger partial charge in [0.15, 0.2) is 0 Å². The average molecular weight is 393 g/mol. The van der Waals surface area contributed by atoms with E-state index < -0.39 is 18.3 Å². The maximum absolute atomic E-state index is 10.1. The minimum absolute atomic E-state index is 0.0577. The second-order valence-corrected chi connectivity index (χ2v) is 8.22. The van der Waals surface area contributed by atoms with Crippen molar-refractivity contribution in [1.82, 2.24) is 5.32 Å². The van der Waals surface area contributed by atoms with Gasteiger partial charge in [0.2, 0.25) is 0 Å². The van der Waals surface area contributed by atoms with Gasteiger partial charge in [0.25, 0.3) is 0 Å². The maximum atomic E-state index is 10.1. The molecule has 1 heterocycles. The molecule has 28 heavy (non-hydrogen) atoms. The molecule has 3 N–H and O–H groups in total. The predicted octanol–water partition coefficient (Wildman–Crippen LogP) is 3.92. The Hall–Kier alpha value is -1.27. The second-order valence-electron chi connectivity index (χ2n) is 8.22. The van der Waals surface area contributed by atoms with Crippen LogP contribution in [0.4, 0.5) is 0 Å². The summed E-state index contributed by atoms with van der Waals surface area (Å²) in [5, 5.41) is 22.9. The van der Waals surface area contributed by atoms with Crippen LogP contribution in [0.15, 0.2) is 39.9 Å². The van der Waals surface area contributed by atoms with E-state index in [0.717, 1.165) is 25.7 Å². The van der Waals surface area contributed by atoms with Gasteiger partial charge in [-0.2, -0.15) is 0 Å². The molecule has 0 aliphatic carbocycles. The summed E-state index contributed by atoms with van der Waals surface area (Å²) in [4.78, 5) is 4.37. The highest BCUT2D eigenvalue weighted by atomic mass is 16.5. The molecule has 0 radical (unpaired) electrons. The zero-order valence-electron chi connectivity index (χ0n) is 18.5. The van der Waals surface area contributed by atoms with Crippen LogP contribution in [0.2, 0.25) is 0 Å². The Morgan fingerprint density at radius 1 is 1.07 bits per heavy atom. The minimum atomic E-state index is -0.948. The van der Waals surface area contributed by atoms with Crippen molar-refractivity contribution < 1.29 is 14.9 Å². The molecule has 0 aromatic carbocycles.